The van der Waals surface area contributed by atoms with Crippen molar-refractivity contribution in [2.24, 2.45) is 0 Å². The monoisotopic (exact) mass is 462 g/mol. The molecular weight excluding hydrogens is 440 g/mol. The number of para-hydroxylation sites is 1. The van der Waals surface area contributed by atoms with E-state index in [1.807, 2.05) is 48.5 Å². The molecule has 0 bridgehead atoms. The maximum absolute atomic E-state index is 13.9. The Balaban J connectivity index is 1.47. The summed E-state index contributed by atoms with van der Waals surface area (Å²) < 4.78 is 12.7. The van der Waals surface area contributed by atoms with Gasteiger partial charge in [-0.2, -0.15) is 0 Å². The molecule has 2 aromatic carbocycles. The Morgan fingerprint density at radius 1 is 1.16 bits per heavy atom. The predicted octanol–water partition coefficient (Wildman–Crippen LogP) is 5.91. The minimum Gasteiger partial charge on any atom is -0.454 e. The third-order valence-electron chi connectivity index (χ3n) is 6.16. The number of hydrogen-bond acceptors (Lipinski definition) is 6. The van der Waals surface area contributed by atoms with Gasteiger partial charge in [0.1, 0.15) is 4.83 Å². The largest absolute Gasteiger partial charge is 0.454 e. The lowest BCUT2D eigenvalue weighted by molar-refractivity contribution is 0.174. The van der Waals surface area contributed by atoms with Crippen LogP contribution in [0.25, 0.3) is 15.9 Å². The van der Waals surface area contributed by atoms with Gasteiger partial charge < -0.3 is 9.47 Å². The van der Waals surface area contributed by atoms with Gasteiger partial charge in [-0.1, -0.05) is 43.0 Å². The SMILES string of the molecule is C[C@@H]1CCCc2sc3nc(SCc4ccc5c(c4)OCO5)n(-c4ccccc4)c(=O)c3c21. The van der Waals surface area contributed by atoms with Crippen LogP contribution in [0.5, 0.6) is 11.5 Å². The van der Waals surface area contributed by atoms with Crippen LogP contribution >= 0.6 is 23.1 Å². The average molecular weight is 463 g/mol. The fourth-order valence-electron chi connectivity index (χ4n) is 4.60. The summed E-state index contributed by atoms with van der Waals surface area (Å²) >= 11 is 3.28. The molecule has 0 fully saturated rings. The number of hydrogen-bond donors (Lipinski definition) is 0. The summed E-state index contributed by atoms with van der Waals surface area (Å²) in [6.07, 6.45) is 3.36. The highest BCUT2D eigenvalue weighted by Crippen LogP contribution is 2.41. The van der Waals surface area contributed by atoms with Gasteiger partial charge in [0, 0.05) is 10.6 Å². The molecule has 2 aromatic heterocycles. The average Bonchev–Trinajstić information content (AvgIpc) is 3.43. The number of thiophene rings is 1. The summed E-state index contributed by atoms with van der Waals surface area (Å²) in [5, 5.41) is 1.53. The molecule has 2 aliphatic rings. The lowest BCUT2D eigenvalue weighted by Gasteiger charge is -2.19. The summed E-state index contributed by atoms with van der Waals surface area (Å²) in [6.45, 7) is 2.50. The van der Waals surface area contributed by atoms with E-state index in [-0.39, 0.29) is 12.4 Å². The third kappa shape index (κ3) is 3.31. The summed E-state index contributed by atoms with van der Waals surface area (Å²) in [6, 6.07) is 15.8. The van der Waals surface area contributed by atoms with Crippen molar-refractivity contribution in [2.45, 2.75) is 43.0 Å². The van der Waals surface area contributed by atoms with Gasteiger partial charge in [0.15, 0.2) is 16.7 Å². The normalized spacial score (nSPS) is 17.0. The van der Waals surface area contributed by atoms with Crippen LogP contribution in [0.1, 0.15) is 41.7 Å². The zero-order chi connectivity index (χ0) is 21.7. The molecule has 0 saturated carbocycles. The van der Waals surface area contributed by atoms with E-state index in [9.17, 15) is 4.79 Å². The highest BCUT2D eigenvalue weighted by atomic mass is 32.2. The second-order valence-electron chi connectivity index (χ2n) is 8.26. The first-order chi connectivity index (χ1) is 15.7. The molecule has 0 spiro atoms. The summed E-state index contributed by atoms with van der Waals surface area (Å²) in [5.74, 6) is 2.63. The summed E-state index contributed by atoms with van der Waals surface area (Å²) in [5.41, 5.74) is 3.22. The molecule has 0 radical (unpaired) electrons. The number of aromatic nitrogens is 2. The molecule has 7 heteroatoms. The zero-order valence-corrected chi connectivity index (χ0v) is 19.3. The molecule has 1 aliphatic carbocycles. The Hall–Kier alpha value is -2.77. The standard InChI is InChI=1S/C25H22N2O3S2/c1-15-6-5-9-20-21(15)22-23(32-20)26-25(27(24(22)28)17-7-3-2-4-8-17)31-13-16-10-11-18-19(12-16)30-14-29-18/h2-4,7-8,10-12,15H,5-6,9,13-14H2,1H3/t15-/m1/s1. The van der Waals surface area contributed by atoms with Crippen LogP contribution in [0.3, 0.4) is 0 Å². The van der Waals surface area contributed by atoms with Crippen LogP contribution in [0.4, 0.5) is 0 Å². The van der Waals surface area contributed by atoms with Crippen LogP contribution in [0, 0.1) is 0 Å². The Morgan fingerprint density at radius 2 is 2.00 bits per heavy atom. The van der Waals surface area contributed by atoms with Crippen LogP contribution in [-0.2, 0) is 12.2 Å². The molecule has 6 rings (SSSR count). The number of nitrogens with zero attached hydrogens (tertiary/aromatic N) is 2. The van der Waals surface area contributed by atoms with Crippen LogP contribution in [0.15, 0.2) is 58.5 Å². The van der Waals surface area contributed by atoms with Gasteiger partial charge in [0.2, 0.25) is 6.79 Å². The van der Waals surface area contributed by atoms with Crippen molar-refractivity contribution in [3.05, 3.63) is 74.9 Å². The van der Waals surface area contributed by atoms with Crippen molar-refractivity contribution in [1.29, 1.82) is 0 Å². The molecule has 1 aliphatic heterocycles. The van der Waals surface area contributed by atoms with Crippen molar-refractivity contribution in [3.63, 3.8) is 0 Å². The highest BCUT2D eigenvalue weighted by Gasteiger charge is 2.26. The van der Waals surface area contributed by atoms with Crippen LogP contribution in [-0.4, -0.2) is 16.3 Å². The summed E-state index contributed by atoms with van der Waals surface area (Å²) in [7, 11) is 0. The molecule has 0 N–H and O–H groups in total. The van der Waals surface area contributed by atoms with Crippen molar-refractivity contribution in [1.82, 2.24) is 9.55 Å². The quantitative estimate of drug-likeness (QED) is 0.279. The number of rotatable bonds is 4. The van der Waals surface area contributed by atoms with E-state index in [4.69, 9.17) is 14.5 Å². The molecular formula is C25H22N2O3S2. The number of aryl methyl sites for hydroxylation is 1. The molecule has 1 atom stereocenters. The number of ether oxygens (including phenoxy) is 2. The topological polar surface area (TPSA) is 53.4 Å². The smallest absolute Gasteiger partial charge is 0.267 e. The van der Waals surface area contributed by atoms with E-state index in [1.54, 1.807) is 27.7 Å². The van der Waals surface area contributed by atoms with Crippen LogP contribution < -0.4 is 15.0 Å². The summed E-state index contributed by atoms with van der Waals surface area (Å²) in [4.78, 5) is 21.1. The molecule has 3 heterocycles. The number of fused-ring (bicyclic) bond motifs is 4. The van der Waals surface area contributed by atoms with Gasteiger partial charge in [-0.25, -0.2) is 4.98 Å². The fraction of sp³-hybridized carbons (Fsp3) is 0.280. The molecule has 5 nitrogen and oxygen atoms in total. The zero-order valence-electron chi connectivity index (χ0n) is 17.7. The Labute approximate surface area is 194 Å². The van der Waals surface area contributed by atoms with Gasteiger partial charge in [0.05, 0.1) is 11.1 Å². The first-order valence-electron chi connectivity index (χ1n) is 10.8. The Bertz CT molecular complexity index is 1380. The minimum atomic E-state index is 0.0423. The first kappa shape index (κ1) is 19.9. The van der Waals surface area contributed by atoms with Gasteiger partial charge in [0.25, 0.3) is 5.56 Å². The van der Waals surface area contributed by atoms with Crippen molar-refractivity contribution >= 4 is 33.3 Å². The predicted molar refractivity (Wildman–Crippen MR) is 129 cm³/mol. The lowest BCUT2D eigenvalue weighted by atomic mass is 9.88. The van der Waals surface area contributed by atoms with Crippen LogP contribution in [0.2, 0.25) is 0 Å². The van der Waals surface area contributed by atoms with E-state index in [0.29, 0.717) is 11.7 Å². The van der Waals surface area contributed by atoms with Crippen molar-refractivity contribution < 1.29 is 9.47 Å². The molecule has 0 unspecified atom stereocenters. The van der Waals surface area contributed by atoms with Gasteiger partial charge in [-0.3, -0.25) is 9.36 Å². The second-order valence-corrected chi connectivity index (χ2v) is 10.3. The van der Waals surface area contributed by atoms with Crippen molar-refractivity contribution in [2.75, 3.05) is 6.79 Å². The Kier molecular flexibility index (Phi) is 4.96. The van der Waals surface area contributed by atoms with Gasteiger partial charge in [-0.05, 0) is 60.6 Å². The molecule has 0 amide bonds. The second kappa shape index (κ2) is 7.98. The maximum atomic E-state index is 13.9. The molecule has 4 aromatic rings. The van der Waals surface area contributed by atoms with E-state index in [0.717, 1.165) is 51.0 Å². The van der Waals surface area contributed by atoms with Gasteiger partial charge in [-0.15, -0.1) is 11.3 Å². The number of benzene rings is 2. The van der Waals surface area contributed by atoms with E-state index >= 15 is 0 Å². The minimum absolute atomic E-state index is 0.0423. The maximum Gasteiger partial charge on any atom is 0.267 e. The van der Waals surface area contributed by atoms with Gasteiger partial charge >= 0.3 is 0 Å². The van der Waals surface area contributed by atoms with Crippen molar-refractivity contribution in [3.8, 4) is 17.2 Å². The molecule has 32 heavy (non-hydrogen) atoms. The molecule has 162 valence electrons. The van der Waals surface area contributed by atoms with E-state index in [1.165, 1.54) is 16.9 Å². The third-order valence-corrected chi connectivity index (χ3v) is 8.33. The molecule has 0 saturated heterocycles. The lowest BCUT2D eigenvalue weighted by Crippen LogP contribution is -2.22. The number of thioether (sulfide) groups is 1. The fourth-order valence-corrected chi connectivity index (χ4v) is 6.93. The Morgan fingerprint density at radius 3 is 2.88 bits per heavy atom. The van der Waals surface area contributed by atoms with E-state index in [2.05, 4.69) is 6.92 Å². The first-order valence-corrected chi connectivity index (χ1v) is 12.6. The van der Waals surface area contributed by atoms with E-state index < -0.39 is 0 Å². The highest BCUT2D eigenvalue weighted by molar-refractivity contribution is 7.98.